The Morgan fingerprint density at radius 2 is 2.06 bits per heavy atom. The summed E-state index contributed by atoms with van der Waals surface area (Å²) in [5, 5.41) is 15.3. The van der Waals surface area contributed by atoms with Gasteiger partial charge in [0.1, 0.15) is 24.3 Å². The molecule has 0 aliphatic heterocycles. The molecule has 0 atom stereocenters. The highest BCUT2D eigenvalue weighted by molar-refractivity contribution is 4.88. The van der Waals surface area contributed by atoms with Gasteiger partial charge in [-0.25, -0.2) is 9.67 Å². The van der Waals surface area contributed by atoms with E-state index in [1.807, 2.05) is 16.3 Å². The lowest BCUT2D eigenvalue weighted by molar-refractivity contribution is 0.487. The van der Waals surface area contributed by atoms with Crippen LogP contribution in [0.2, 0.25) is 0 Å². The highest BCUT2D eigenvalue weighted by atomic mass is 15.4. The number of rotatable bonds is 5. The first-order chi connectivity index (χ1) is 8.18. The van der Waals surface area contributed by atoms with E-state index in [2.05, 4.69) is 39.4 Å². The number of hydrogen-bond acceptors (Lipinski definition) is 5. The highest BCUT2D eigenvalue weighted by Gasteiger charge is 2.07. The maximum absolute atomic E-state index is 4.23. The molecule has 0 saturated heterocycles. The molecule has 2 aromatic rings. The van der Waals surface area contributed by atoms with Gasteiger partial charge < -0.3 is 9.88 Å². The summed E-state index contributed by atoms with van der Waals surface area (Å²) >= 11 is 0. The van der Waals surface area contributed by atoms with Gasteiger partial charge in [0, 0.05) is 13.1 Å². The molecule has 0 aromatic carbocycles. The number of nitrogens with zero attached hydrogens (tertiary/aromatic N) is 6. The van der Waals surface area contributed by atoms with Crippen LogP contribution in [0.5, 0.6) is 0 Å². The van der Waals surface area contributed by atoms with Crippen LogP contribution in [0, 0.1) is 0 Å². The molecule has 2 heterocycles. The molecule has 0 unspecified atom stereocenters. The zero-order valence-corrected chi connectivity index (χ0v) is 10.3. The van der Waals surface area contributed by atoms with Crippen LogP contribution < -0.4 is 5.32 Å². The van der Waals surface area contributed by atoms with Gasteiger partial charge in [-0.3, -0.25) is 0 Å². The summed E-state index contributed by atoms with van der Waals surface area (Å²) in [5.74, 6) is 1.84. The van der Waals surface area contributed by atoms with E-state index in [0.717, 1.165) is 11.6 Å². The number of nitrogens with one attached hydrogen (secondary N) is 1. The van der Waals surface area contributed by atoms with Crippen LogP contribution in [0.1, 0.15) is 31.5 Å². The molecule has 17 heavy (non-hydrogen) atoms. The molecule has 0 bridgehead atoms. The van der Waals surface area contributed by atoms with Gasteiger partial charge in [-0.05, 0) is 13.8 Å². The SMILES string of the molecule is CC(C)n1ncnc1CNCc1nncn1C. The van der Waals surface area contributed by atoms with Gasteiger partial charge in [0.15, 0.2) is 0 Å². The van der Waals surface area contributed by atoms with E-state index in [1.54, 1.807) is 12.7 Å². The lowest BCUT2D eigenvalue weighted by Gasteiger charge is -2.09. The maximum Gasteiger partial charge on any atom is 0.146 e. The molecule has 0 aliphatic carbocycles. The molecule has 2 aromatic heterocycles. The van der Waals surface area contributed by atoms with Crippen molar-refractivity contribution in [2.24, 2.45) is 7.05 Å². The first-order valence-electron chi connectivity index (χ1n) is 5.60. The summed E-state index contributed by atoms with van der Waals surface area (Å²) < 4.78 is 3.80. The first kappa shape index (κ1) is 11.7. The van der Waals surface area contributed by atoms with Crippen molar-refractivity contribution in [1.29, 1.82) is 0 Å². The molecule has 0 saturated carbocycles. The minimum Gasteiger partial charge on any atom is -0.320 e. The standard InChI is InChI=1S/C10H17N7/c1-8(2)17-9(12-6-14-17)4-11-5-10-15-13-7-16(10)3/h6-8,11H,4-5H2,1-3H3. The fraction of sp³-hybridized carbons (Fsp3) is 0.600. The van der Waals surface area contributed by atoms with Gasteiger partial charge in [0.05, 0.1) is 13.1 Å². The van der Waals surface area contributed by atoms with Gasteiger partial charge in [-0.1, -0.05) is 0 Å². The van der Waals surface area contributed by atoms with Crippen molar-refractivity contribution in [3.05, 3.63) is 24.3 Å². The Kier molecular flexibility index (Phi) is 3.48. The van der Waals surface area contributed by atoms with Crippen molar-refractivity contribution in [2.45, 2.75) is 33.0 Å². The van der Waals surface area contributed by atoms with E-state index in [0.29, 0.717) is 19.1 Å². The van der Waals surface area contributed by atoms with Crippen LogP contribution in [0.4, 0.5) is 0 Å². The zero-order valence-electron chi connectivity index (χ0n) is 10.3. The van der Waals surface area contributed by atoms with Crippen molar-refractivity contribution >= 4 is 0 Å². The average molecular weight is 235 g/mol. The van der Waals surface area contributed by atoms with Crippen molar-refractivity contribution in [3.8, 4) is 0 Å². The normalized spacial score (nSPS) is 11.3. The molecule has 0 fully saturated rings. The second kappa shape index (κ2) is 5.05. The van der Waals surface area contributed by atoms with Gasteiger partial charge in [0.25, 0.3) is 0 Å². The van der Waals surface area contributed by atoms with Gasteiger partial charge >= 0.3 is 0 Å². The second-order valence-electron chi connectivity index (χ2n) is 4.18. The topological polar surface area (TPSA) is 73.5 Å². The summed E-state index contributed by atoms with van der Waals surface area (Å²) in [6, 6.07) is 0.323. The fourth-order valence-electron chi connectivity index (χ4n) is 1.59. The Morgan fingerprint density at radius 1 is 1.29 bits per heavy atom. The molecule has 7 nitrogen and oxygen atoms in total. The van der Waals surface area contributed by atoms with Crippen LogP contribution in [-0.2, 0) is 20.1 Å². The van der Waals surface area contributed by atoms with Crippen LogP contribution in [0.3, 0.4) is 0 Å². The van der Waals surface area contributed by atoms with E-state index >= 15 is 0 Å². The molecule has 0 aliphatic rings. The van der Waals surface area contributed by atoms with E-state index in [-0.39, 0.29) is 0 Å². The lowest BCUT2D eigenvalue weighted by atomic mass is 10.4. The quantitative estimate of drug-likeness (QED) is 0.805. The summed E-state index contributed by atoms with van der Waals surface area (Å²) in [7, 11) is 1.92. The van der Waals surface area contributed by atoms with Crippen LogP contribution in [0.25, 0.3) is 0 Å². The molecule has 2 rings (SSSR count). The second-order valence-corrected chi connectivity index (χ2v) is 4.18. The minimum absolute atomic E-state index is 0.323. The molecule has 1 N–H and O–H groups in total. The summed E-state index contributed by atoms with van der Waals surface area (Å²) in [6.07, 6.45) is 3.27. The van der Waals surface area contributed by atoms with Crippen LogP contribution in [-0.4, -0.2) is 29.5 Å². The summed E-state index contributed by atoms with van der Waals surface area (Å²) in [6.45, 7) is 5.51. The van der Waals surface area contributed by atoms with Crippen LogP contribution in [0.15, 0.2) is 12.7 Å². The van der Waals surface area contributed by atoms with E-state index in [9.17, 15) is 0 Å². The lowest BCUT2D eigenvalue weighted by Crippen LogP contribution is -2.19. The van der Waals surface area contributed by atoms with E-state index in [1.165, 1.54) is 0 Å². The van der Waals surface area contributed by atoms with Crippen molar-refractivity contribution in [3.63, 3.8) is 0 Å². The molecule has 0 radical (unpaired) electrons. The van der Waals surface area contributed by atoms with Crippen LogP contribution >= 0.6 is 0 Å². The molecule has 92 valence electrons. The zero-order chi connectivity index (χ0) is 12.3. The summed E-state index contributed by atoms with van der Waals surface area (Å²) in [4.78, 5) is 4.23. The fourth-order valence-corrected chi connectivity index (χ4v) is 1.59. The van der Waals surface area contributed by atoms with Gasteiger partial charge in [-0.15, -0.1) is 10.2 Å². The van der Waals surface area contributed by atoms with Gasteiger partial charge in [-0.2, -0.15) is 5.10 Å². The molecule has 0 spiro atoms. The molecule has 7 heteroatoms. The number of aryl methyl sites for hydroxylation is 1. The Labute approximate surface area is 99.9 Å². The summed E-state index contributed by atoms with van der Waals surface area (Å²) in [5.41, 5.74) is 0. The monoisotopic (exact) mass is 235 g/mol. The Hall–Kier alpha value is -1.76. The Morgan fingerprint density at radius 3 is 2.71 bits per heavy atom. The third-order valence-corrected chi connectivity index (χ3v) is 2.51. The number of aromatic nitrogens is 6. The van der Waals surface area contributed by atoms with E-state index in [4.69, 9.17) is 0 Å². The average Bonchev–Trinajstić information content (AvgIpc) is 2.88. The largest absolute Gasteiger partial charge is 0.320 e. The predicted octanol–water partition coefficient (Wildman–Crippen LogP) is 0.277. The third-order valence-electron chi connectivity index (χ3n) is 2.51. The smallest absolute Gasteiger partial charge is 0.146 e. The molecular weight excluding hydrogens is 218 g/mol. The molecule has 0 amide bonds. The maximum atomic E-state index is 4.23. The third kappa shape index (κ3) is 2.68. The van der Waals surface area contributed by atoms with Crippen molar-refractivity contribution in [1.82, 2.24) is 34.8 Å². The Balaban J connectivity index is 1.90. The Bertz CT molecular complexity index is 470. The number of hydrogen-bond donors (Lipinski definition) is 1. The highest BCUT2D eigenvalue weighted by Crippen LogP contribution is 2.04. The first-order valence-corrected chi connectivity index (χ1v) is 5.60. The molecular formula is C10H17N7. The van der Waals surface area contributed by atoms with Crippen molar-refractivity contribution in [2.75, 3.05) is 0 Å². The van der Waals surface area contributed by atoms with Gasteiger partial charge in [0.2, 0.25) is 0 Å². The van der Waals surface area contributed by atoms with E-state index < -0.39 is 0 Å². The van der Waals surface area contributed by atoms with Crippen molar-refractivity contribution < 1.29 is 0 Å². The predicted molar refractivity (Wildman–Crippen MR) is 62.0 cm³/mol. The minimum atomic E-state index is 0.323.